The van der Waals surface area contributed by atoms with Crippen LogP contribution in [0.3, 0.4) is 0 Å². The highest BCUT2D eigenvalue weighted by Gasteiger charge is 2.13. The van der Waals surface area contributed by atoms with Gasteiger partial charge in [0.1, 0.15) is 17.3 Å². The zero-order chi connectivity index (χ0) is 20.9. The summed E-state index contributed by atoms with van der Waals surface area (Å²) in [5.41, 5.74) is 4.33. The zero-order valence-corrected chi connectivity index (χ0v) is 16.1. The molecule has 0 saturated heterocycles. The third kappa shape index (κ3) is 3.91. The molecule has 4 aromatic rings. The number of amides is 1. The van der Waals surface area contributed by atoms with Crippen molar-refractivity contribution in [1.29, 1.82) is 5.26 Å². The van der Waals surface area contributed by atoms with Crippen LogP contribution in [0.1, 0.15) is 21.7 Å². The molecule has 3 aromatic carbocycles. The Balaban J connectivity index is 1.48. The maximum Gasteiger partial charge on any atom is 0.275 e. The smallest absolute Gasteiger partial charge is 0.275 e. The van der Waals surface area contributed by atoms with Gasteiger partial charge < -0.3 is 9.15 Å². The van der Waals surface area contributed by atoms with Crippen LogP contribution in [0.15, 0.2) is 82.3 Å². The second-order valence-electron chi connectivity index (χ2n) is 6.49. The van der Waals surface area contributed by atoms with E-state index in [0.717, 1.165) is 16.3 Å². The molecule has 0 spiro atoms. The maximum absolute atomic E-state index is 12.6. The van der Waals surface area contributed by atoms with Crippen molar-refractivity contribution >= 4 is 22.9 Å². The van der Waals surface area contributed by atoms with E-state index in [1.165, 1.54) is 13.3 Å². The number of hydrogen-bond donors (Lipinski definition) is 1. The molecule has 0 saturated carbocycles. The van der Waals surface area contributed by atoms with Crippen molar-refractivity contribution in [2.24, 2.45) is 5.10 Å². The van der Waals surface area contributed by atoms with E-state index in [9.17, 15) is 4.79 Å². The van der Waals surface area contributed by atoms with E-state index < -0.39 is 0 Å². The van der Waals surface area contributed by atoms with Gasteiger partial charge in [0.15, 0.2) is 0 Å². The average Bonchev–Trinajstić information content (AvgIpc) is 3.27. The number of hydrazone groups is 1. The molecule has 0 fully saturated rings. The Hall–Kier alpha value is -4.37. The van der Waals surface area contributed by atoms with Gasteiger partial charge in [-0.3, -0.25) is 4.79 Å². The molecule has 0 bridgehead atoms. The van der Waals surface area contributed by atoms with Crippen molar-refractivity contribution in [3.63, 3.8) is 0 Å². The SMILES string of the molecule is COc1cc2ccccc2cc1C(=O)N/N=C\c1ccc(-c2ccc(C#N)cc2)o1. The largest absolute Gasteiger partial charge is 0.496 e. The topological polar surface area (TPSA) is 87.6 Å². The lowest BCUT2D eigenvalue weighted by atomic mass is 10.1. The molecule has 146 valence electrons. The van der Waals surface area contributed by atoms with E-state index in [0.29, 0.717) is 28.4 Å². The van der Waals surface area contributed by atoms with Crippen molar-refractivity contribution in [1.82, 2.24) is 5.43 Å². The number of carbonyl (C=O) groups excluding carboxylic acids is 1. The fourth-order valence-corrected chi connectivity index (χ4v) is 3.07. The number of nitriles is 1. The molecule has 30 heavy (non-hydrogen) atoms. The van der Waals surface area contributed by atoms with Crippen molar-refractivity contribution < 1.29 is 13.9 Å². The van der Waals surface area contributed by atoms with Crippen molar-refractivity contribution in [3.8, 4) is 23.1 Å². The third-order valence-corrected chi connectivity index (χ3v) is 4.60. The second-order valence-corrected chi connectivity index (χ2v) is 6.49. The molecule has 6 nitrogen and oxygen atoms in total. The minimum atomic E-state index is -0.382. The van der Waals surface area contributed by atoms with Crippen LogP contribution in [0, 0.1) is 11.3 Å². The molecule has 1 aromatic heterocycles. The summed E-state index contributed by atoms with van der Waals surface area (Å²) in [7, 11) is 1.53. The Morgan fingerprint density at radius 3 is 2.50 bits per heavy atom. The summed E-state index contributed by atoms with van der Waals surface area (Å²) < 4.78 is 11.1. The minimum absolute atomic E-state index is 0.382. The number of fused-ring (bicyclic) bond motifs is 1. The Morgan fingerprint density at radius 1 is 1.07 bits per heavy atom. The quantitative estimate of drug-likeness (QED) is 0.390. The molecule has 1 amide bonds. The summed E-state index contributed by atoms with van der Waals surface area (Å²) >= 11 is 0. The van der Waals surface area contributed by atoms with Gasteiger partial charge in [0.05, 0.1) is 30.5 Å². The number of nitrogens with zero attached hydrogens (tertiary/aromatic N) is 2. The summed E-state index contributed by atoms with van der Waals surface area (Å²) in [5.74, 6) is 1.22. The first-order valence-corrected chi connectivity index (χ1v) is 9.18. The van der Waals surface area contributed by atoms with Crippen LogP contribution in [-0.2, 0) is 0 Å². The molecule has 4 rings (SSSR count). The lowest BCUT2D eigenvalue weighted by Crippen LogP contribution is -2.18. The monoisotopic (exact) mass is 395 g/mol. The van der Waals surface area contributed by atoms with Gasteiger partial charge in [0.25, 0.3) is 5.91 Å². The highest BCUT2D eigenvalue weighted by molar-refractivity contribution is 6.01. The van der Waals surface area contributed by atoms with E-state index >= 15 is 0 Å². The van der Waals surface area contributed by atoms with Gasteiger partial charge >= 0.3 is 0 Å². The number of hydrogen-bond acceptors (Lipinski definition) is 5. The van der Waals surface area contributed by atoms with E-state index in [4.69, 9.17) is 14.4 Å². The molecule has 0 atom stereocenters. The summed E-state index contributed by atoms with van der Waals surface area (Å²) in [4.78, 5) is 12.6. The predicted molar refractivity (Wildman–Crippen MR) is 114 cm³/mol. The van der Waals surface area contributed by atoms with Gasteiger partial charge in [-0.05, 0) is 59.3 Å². The van der Waals surface area contributed by atoms with Crippen molar-refractivity contribution in [3.05, 3.63) is 89.7 Å². The first-order valence-electron chi connectivity index (χ1n) is 9.18. The fraction of sp³-hybridized carbons (Fsp3) is 0.0417. The van der Waals surface area contributed by atoms with Gasteiger partial charge in [0.2, 0.25) is 0 Å². The predicted octanol–water partition coefficient (Wildman–Crippen LogP) is 4.74. The molecule has 0 aliphatic heterocycles. The fourth-order valence-electron chi connectivity index (χ4n) is 3.07. The Morgan fingerprint density at radius 2 is 1.80 bits per heavy atom. The highest BCUT2D eigenvalue weighted by atomic mass is 16.5. The number of carbonyl (C=O) groups is 1. The Kier molecular flexibility index (Phi) is 5.27. The number of benzene rings is 3. The molecule has 0 aliphatic rings. The van der Waals surface area contributed by atoms with Crippen LogP contribution in [0.5, 0.6) is 5.75 Å². The van der Waals surface area contributed by atoms with E-state index in [1.54, 1.807) is 30.3 Å². The van der Waals surface area contributed by atoms with Gasteiger partial charge in [-0.15, -0.1) is 0 Å². The number of rotatable bonds is 5. The summed E-state index contributed by atoms with van der Waals surface area (Å²) in [6, 6.07) is 24.0. The standard InChI is InChI=1S/C24H17N3O3/c1-29-23-13-19-5-3-2-4-18(19)12-21(23)24(28)27-26-15-20-10-11-22(30-20)17-8-6-16(14-25)7-9-17/h2-13,15H,1H3,(H,27,28)/b26-15-. The Labute approximate surface area is 173 Å². The lowest BCUT2D eigenvalue weighted by Gasteiger charge is -2.09. The molecule has 1 N–H and O–H groups in total. The van der Waals surface area contributed by atoms with E-state index in [1.807, 2.05) is 42.5 Å². The van der Waals surface area contributed by atoms with Crippen LogP contribution >= 0.6 is 0 Å². The Bertz CT molecular complexity index is 1280. The molecule has 6 heteroatoms. The minimum Gasteiger partial charge on any atom is -0.496 e. The van der Waals surface area contributed by atoms with Gasteiger partial charge in [-0.1, -0.05) is 24.3 Å². The van der Waals surface area contributed by atoms with Crippen LogP contribution < -0.4 is 10.2 Å². The van der Waals surface area contributed by atoms with E-state index in [-0.39, 0.29) is 5.91 Å². The summed E-state index contributed by atoms with van der Waals surface area (Å²) in [6.45, 7) is 0. The number of ether oxygens (including phenoxy) is 1. The molecule has 0 aliphatic carbocycles. The second kappa shape index (κ2) is 8.33. The first kappa shape index (κ1) is 19.0. The highest BCUT2D eigenvalue weighted by Crippen LogP contribution is 2.26. The van der Waals surface area contributed by atoms with Crippen molar-refractivity contribution in [2.75, 3.05) is 7.11 Å². The van der Waals surface area contributed by atoms with Crippen LogP contribution in [0.25, 0.3) is 22.1 Å². The van der Waals surface area contributed by atoms with Crippen LogP contribution in [-0.4, -0.2) is 19.2 Å². The normalized spacial score (nSPS) is 10.8. The number of methoxy groups -OCH3 is 1. The average molecular weight is 395 g/mol. The number of furan rings is 1. The van der Waals surface area contributed by atoms with Gasteiger partial charge in [-0.25, -0.2) is 5.43 Å². The van der Waals surface area contributed by atoms with Crippen LogP contribution in [0.2, 0.25) is 0 Å². The zero-order valence-electron chi connectivity index (χ0n) is 16.1. The van der Waals surface area contributed by atoms with Crippen molar-refractivity contribution in [2.45, 2.75) is 0 Å². The molecule has 0 radical (unpaired) electrons. The summed E-state index contributed by atoms with van der Waals surface area (Å²) in [5, 5.41) is 14.8. The molecule has 0 unspecified atom stereocenters. The molecular weight excluding hydrogens is 378 g/mol. The lowest BCUT2D eigenvalue weighted by molar-refractivity contribution is 0.0952. The molecular formula is C24H17N3O3. The van der Waals surface area contributed by atoms with Crippen LogP contribution in [0.4, 0.5) is 0 Å². The number of nitrogens with one attached hydrogen (secondary N) is 1. The van der Waals surface area contributed by atoms with Gasteiger partial charge in [-0.2, -0.15) is 10.4 Å². The first-order chi connectivity index (χ1) is 14.7. The maximum atomic E-state index is 12.6. The summed E-state index contributed by atoms with van der Waals surface area (Å²) in [6.07, 6.45) is 1.43. The van der Waals surface area contributed by atoms with Gasteiger partial charge in [0, 0.05) is 5.56 Å². The van der Waals surface area contributed by atoms with E-state index in [2.05, 4.69) is 16.6 Å². The third-order valence-electron chi connectivity index (χ3n) is 4.60. The molecule has 1 heterocycles.